The van der Waals surface area contributed by atoms with Crippen LogP contribution in [0.5, 0.6) is 0 Å². The fourth-order valence-corrected chi connectivity index (χ4v) is 3.04. The zero-order chi connectivity index (χ0) is 15.1. The Hall–Kier alpha value is -0.830. The van der Waals surface area contributed by atoms with Crippen molar-refractivity contribution in [2.75, 3.05) is 19.6 Å². The molecular weight excluding hydrogens is 411 g/mol. The first kappa shape index (κ1) is 19.2. The van der Waals surface area contributed by atoms with Crippen LogP contribution in [0.15, 0.2) is 22.5 Å². The Balaban J connectivity index is 0.00000242. The molecule has 0 aliphatic carbocycles. The van der Waals surface area contributed by atoms with E-state index in [2.05, 4.69) is 52.3 Å². The normalized spacial score (nSPS) is 19.8. The van der Waals surface area contributed by atoms with Gasteiger partial charge in [0.25, 0.3) is 0 Å². The van der Waals surface area contributed by atoms with Crippen molar-refractivity contribution in [3.63, 3.8) is 0 Å². The van der Waals surface area contributed by atoms with Crippen LogP contribution in [0.3, 0.4) is 0 Å². The molecule has 1 amide bonds. The van der Waals surface area contributed by atoms with Gasteiger partial charge in [0, 0.05) is 36.3 Å². The molecule has 1 saturated heterocycles. The van der Waals surface area contributed by atoms with Gasteiger partial charge in [-0.25, -0.2) is 0 Å². The highest BCUT2D eigenvalue weighted by molar-refractivity contribution is 14.0. The van der Waals surface area contributed by atoms with E-state index in [-0.39, 0.29) is 35.9 Å². The molecule has 0 aromatic carbocycles. The van der Waals surface area contributed by atoms with Gasteiger partial charge in [0.15, 0.2) is 5.96 Å². The third-order valence-electron chi connectivity index (χ3n) is 3.50. The first-order chi connectivity index (χ1) is 10.2. The molecule has 0 radical (unpaired) electrons. The van der Waals surface area contributed by atoms with Gasteiger partial charge in [-0.15, -0.1) is 35.3 Å². The number of thiophene rings is 1. The lowest BCUT2D eigenvalue weighted by atomic mass is 10.1. The number of hydrogen-bond acceptors (Lipinski definition) is 3. The number of hydrogen-bond donors (Lipinski definition) is 3. The predicted molar refractivity (Wildman–Crippen MR) is 103 cm³/mol. The number of carbonyl (C=O) groups is 1. The highest BCUT2D eigenvalue weighted by atomic mass is 127. The largest absolute Gasteiger partial charge is 0.357 e. The number of guanidine groups is 1. The second-order valence-corrected chi connectivity index (χ2v) is 6.30. The summed E-state index contributed by atoms with van der Waals surface area (Å²) in [6.07, 6.45) is 1.44. The minimum absolute atomic E-state index is 0. The monoisotopic (exact) mass is 436 g/mol. The van der Waals surface area contributed by atoms with Crippen LogP contribution in [0, 0.1) is 0 Å². The molecule has 2 heterocycles. The van der Waals surface area contributed by atoms with Crippen molar-refractivity contribution in [2.45, 2.75) is 38.6 Å². The van der Waals surface area contributed by atoms with Crippen molar-refractivity contribution in [2.24, 2.45) is 4.99 Å². The van der Waals surface area contributed by atoms with Crippen LogP contribution < -0.4 is 16.0 Å². The van der Waals surface area contributed by atoms with E-state index in [9.17, 15) is 4.79 Å². The summed E-state index contributed by atoms with van der Waals surface area (Å²) in [6, 6.07) is 4.49. The maximum atomic E-state index is 11.2. The fraction of sp³-hybridized carbons (Fsp3) is 0.600. The molecule has 3 N–H and O–H groups in total. The van der Waals surface area contributed by atoms with Gasteiger partial charge in [0.2, 0.25) is 5.91 Å². The molecule has 2 atom stereocenters. The minimum atomic E-state index is 0. The lowest BCUT2D eigenvalue weighted by molar-refractivity contribution is -0.122. The molecule has 124 valence electrons. The number of aliphatic imine (C=N–C) groups is 1. The summed E-state index contributed by atoms with van der Waals surface area (Å²) in [5.41, 5.74) is 0. The molecule has 1 aromatic heterocycles. The number of piperidine rings is 1. The minimum Gasteiger partial charge on any atom is -0.357 e. The van der Waals surface area contributed by atoms with Crippen molar-refractivity contribution >= 4 is 47.2 Å². The van der Waals surface area contributed by atoms with E-state index in [1.165, 1.54) is 4.88 Å². The van der Waals surface area contributed by atoms with Crippen LogP contribution in [0.1, 0.15) is 37.5 Å². The Bertz CT molecular complexity index is 468. The van der Waals surface area contributed by atoms with Crippen molar-refractivity contribution in [3.8, 4) is 0 Å². The van der Waals surface area contributed by atoms with Gasteiger partial charge < -0.3 is 16.0 Å². The zero-order valence-electron chi connectivity index (χ0n) is 13.1. The molecule has 5 nitrogen and oxygen atoms in total. The van der Waals surface area contributed by atoms with Crippen LogP contribution in [0.4, 0.5) is 0 Å². The average Bonchev–Trinajstić information content (AvgIpc) is 3.01. The summed E-state index contributed by atoms with van der Waals surface area (Å²) < 4.78 is 0. The Morgan fingerprint density at radius 1 is 1.59 bits per heavy atom. The van der Waals surface area contributed by atoms with Crippen molar-refractivity contribution in [3.05, 3.63) is 22.4 Å². The molecule has 0 bridgehead atoms. The van der Waals surface area contributed by atoms with Crippen LogP contribution >= 0.6 is 35.3 Å². The quantitative estimate of drug-likeness (QED) is 0.377. The maximum Gasteiger partial charge on any atom is 0.220 e. The number of nitrogens with zero attached hydrogens (tertiary/aromatic N) is 1. The van der Waals surface area contributed by atoms with Crippen molar-refractivity contribution in [1.29, 1.82) is 0 Å². The summed E-state index contributed by atoms with van der Waals surface area (Å²) in [5, 5.41) is 11.7. The van der Waals surface area contributed by atoms with Gasteiger partial charge in [-0.2, -0.15) is 0 Å². The molecular formula is C15H25IN4OS. The van der Waals surface area contributed by atoms with Gasteiger partial charge in [0.05, 0.1) is 6.54 Å². The predicted octanol–water partition coefficient (Wildman–Crippen LogP) is 2.30. The lowest BCUT2D eigenvalue weighted by Crippen LogP contribution is -2.51. The number of amides is 1. The average molecular weight is 436 g/mol. The SMILES string of the molecule is CCNC(=NCC(C)c1cccs1)NC1CCC(=O)NC1.I. The molecule has 1 aliphatic rings. The molecule has 2 unspecified atom stereocenters. The summed E-state index contributed by atoms with van der Waals surface area (Å²) in [4.78, 5) is 17.2. The summed E-state index contributed by atoms with van der Waals surface area (Å²) in [7, 11) is 0. The van der Waals surface area contributed by atoms with Gasteiger partial charge >= 0.3 is 0 Å². The van der Waals surface area contributed by atoms with Gasteiger partial charge in [-0.1, -0.05) is 13.0 Å². The molecule has 0 saturated carbocycles. The van der Waals surface area contributed by atoms with Gasteiger partial charge in [0.1, 0.15) is 0 Å². The second kappa shape index (κ2) is 10.0. The number of halogens is 1. The van der Waals surface area contributed by atoms with E-state index < -0.39 is 0 Å². The highest BCUT2D eigenvalue weighted by Crippen LogP contribution is 2.20. The Morgan fingerprint density at radius 2 is 2.41 bits per heavy atom. The number of nitrogens with one attached hydrogen (secondary N) is 3. The molecule has 2 rings (SSSR count). The van der Waals surface area contributed by atoms with E-state index in [0.29, 0.717) is 18.9 Å². The van der Waals surface area contributed by atoms with Crippen LogP contribution in [0.2, 0.25) is 0 Å². The molecule has 7 heteroatoms. The molecule has 1 aromatic rings. The third-order valence-corrected chi connectivity index (χ3v) is 4.61. The molecule has 22 heavy (non-hydrogen) atoms. The van der Waals surface area contributed by atoms with Crippen LogP contribution in [-0.4, -0.2) is 37.5 Å². The van der Waals surface area contributed by atoms with Crippen LogP contribution in [-0.2, 0) is 4.79 Å². The molecule has 1 fully saturated rings. The van der Waals surface area contributed by atoms with Gasteiger partial charge in [-0.05, 0) is 24.8 Å². The Labute approximate surface area is 153 Å². The van der Waals surface area contributed by atoms with E-state index in [0.717, 1.165) is 25.5 Å². The van der Waals surface area contributed by atoms with Gasteiger partial charge in [-0.3, -0.25) is 9.79 Å². The van der Waals surface area contributed by atoms with Crippen molar-refractivity contribution in [1.82, 2.24) is 16.0 Å². The van der Waals surface area contributed by atoms with E-state index in [1.807, 2.05) is 0 Å². The highest BCUT2D eigenvalue weighted by Gasteiger charge is 2.18. The second-order valence-electron chi connectivity index (χ2n) is 5.32. The van der Waals surface area contributed by atoms with E-state index in [4.69, 9.17) is 0 Å². The number of carbonyl (C=O) groups excluding carboxylic acids is 1. The molecule has 1 aliphatic heterocycles. The summed E-state index contributed by atoms with van der Waals surface area (Å²) in [5.74, 6) is 1.40. The first-order valence-electron chi connectivity index (χ1n) is 7.54. The van der Waals surface area contributed by atoms with E-state index >= 15 is 0 Å². The van der Waals surface area contributed by atoms with Crippen molar-refractivity contribution < 1.29 is 4.79 Å². The maximum absolute atomic E-state index is 11.2. The third kappa shape index (κ3) is 6.12. The summed E-state index contributed by atoms with van der Waals surface area (Å²) >= 11 is 1.77. The smallest absolute Gasteiger partial charge is 0.220 e. The molecule has 0 spiro atoms. The Morgan fingerprint density at radius 3 is 3.00 bits per heavy atom. The number of rotatable bonds is 5. The Kier molecular flexibility index (Phi) is 8.77. The van der Waals surface area contributed by atoms with Crippen LogP contribution in [0.25, 0.3) is 0 Å². The first-order valence-corrected chi connectivity index (χ1v) is 8.42. The lowest BCUT2D eigenvalue weighted by Gasteiger charge is -2.25. The van der Waals surface area contributed by atoms with E-state index in [1.54, 1.807) is 11.3 Å². The topological polar surface area (TPSA) is 65.5 Å². The standard InChI is InChI=1S/C15H24N4OS.HI/c1-3-16-15(19-12-6-7-14(20)17-10-12)18-9-11(2)13-5-4-8-21-13;/h4-5,8,11-12H,3,6-7,9-10H2,1-2H3,(H,17,20)(H2,16,18,19);1H. The summed E-state index contributed by atoms with van der Waals surface area (Å²) in [6.45, 7) is 6.51. The zero-order valence-corrected chi connectivity index (χ0v) is 16.2. The fourth-order valence-electron chi connectivity index (χ4n) is 2.26.